The van der Waals surface area contributed by atoms with Gasteiger partial charge in [-0.3, -0.25) is 14.3 Å². The van der Waals surface area contributed by atoms with Crippen LogP contribution in [-0.2, 0) is 6.18 Å². The van der Waals surface area contributed by atoms with Crippen LogP contribution in [0.2, 0.25) is 0 Å². The molecule has 0 aliphatic rings. The molecule has 0 saturated carbocycles. The summed E-state index contributed by atoms with van der Waals surface area (Å²) in [7, 11) is 0. The Morgan fingerprint density at radius 2 is 1.93 bits per heavy atom. The Hall–Kier alpha value is -2.00. The van der Waals surface area contributed by atoms with Crippen molar-refractivity contribution in [2.45, 2.75) is 32.5 Å². The zero-order valence-electron chi connectivity index (χ0n) is 14.4. The minimum Gasteiger partial charge on any atom is -0.300 e. The van der Waals surface area contributed by atoms with Crippen molar-refractivity contribution in [1.82, 2.24) is 14.5 Å². The second-order valence-corrected chi connectivity index (χ2v) is 7.45. The number of benzene rings is 1. The third-order valence-corrected chi connectivity index (χ3v) is 5.20. The van der Waals surface area contributed by atoms with Crippen molar-refractivity contribution in [3.63, 3.8) is 0 Å². The molecule has 1 N–H and O–H groups in total. The summed E-state index contributed by atoms with van der Waals surface area (Å²) >= 11 is 8.50. The fourth-order valence-electron chi connectivity index (χ4n) is 2.83. The number of halogens is 4. The van der Waals surface area contributed by atoms with Crippen LogP contribution in [0.15, 0.2) is 39.6 Å². The summed E-state index contributed by atoms with van der Waals surface area (Å²) in [6.45, 7) is 3.70. The molecule has 0 aliphatic heterocycles. The summed E-state index contributed by atoms with van der Waals surface area (Å²) in [5.41, 5.74) is -1.35. The van der Waals surface area contributed by atoms with Crippen molar-refractivity contribution in [2.75, 3.05) is 0 Å². The number of aromatic amines is 1. The number of H-pyrrole nitrogens is 1. The molecule has 1 atom stereocenters. The predicted octanol–water partition coefficient (Wildman–Crippen LogP) is 5.87. The van der Waals surface area contributed by atoms with Gasteiger partial charge in [-0.15, -0.1) is 0 Å². The zero-order valence-corrected chi connectivity index (χ0v) is 16.8. The van der Waals surface area contributed by atoms with E-state index in [-0.39, 0.29) is 22.2 Å². The van der Waals surface area contributed by atoms with E-state index in [1.807, 2.05) is 13.8 Å². The zero-order chi connectivity index (χ0) is 19.9. The van der Waals surface area contributed by atoms with Gasteiger partial charge in [-0.2, -0.15) is 13.2 Å². The number of fused-ring (bicyclic) bond motifs is 1. The first-order valence-corrected chi connectivity index (χ1v) is 9.36. The summed E-state index contributed by atoms with van der Waals surface area (Å²) in [5, 5.41) is -0.503. The minimum absolute atomic E-state index is 0.0513. The van der Waals surface area contributed by atoms with E-state index in [1.165, 1.54) is 4.57 Å². The van der Waals surface area contributed by atoms with E-state index in [9.17, 15) is 18.0 Å². The number of nitrogens with one attached hydrogen (secondary N) is 1. The van der Waals surface area contributed by atoms with Crippen molar-refractivity contribution in [1.29, 1.82) is 0 Å². The molecule has 1 unspecified atom stereocenters. The maximum atomic E-state index is 13.7. The van der Waals surface area contributed by atoms with Crippen molar-refractivity contribution in [2.24, 2.45) is 0 Å². The number of aromatic nitrogens is 3. The van der Waals surface area contributed by atoms with E-state index in [0.717, 1.165) is 10.5 Å². The topological polar surface area (TPSA) is 50.7 Å². The lowest BCUT2D eigenvalue weighted by Crippen LogP contribution is -2.22. The standard InChI is InChI=1S/C18H15BrF3N3OS/c1-3-9(2)25-15-14(16(26)24-17(25)27)12(18(20,21)22)8-13(23-15)10-4-6-11(19)7-5-10/h4-9H,3H2,1-2H3,(H,24,26,27). The lowest BCUT2D eigenvalue weighted by Gasteiger charge is -2.19. The summed E-state index contributed by atoms with van der Waals surface area (Å²) in [4.78, 5) is 19.1. The van der Waals surface area contributed by atoms with Crippen LogP contribution < -0.4 is 5.56 Å². The maximum Gasteiger partial charge on any atom is 0.417 e. The largest absolute Gasteiger partial charge is 0.417 e. The van der Waals surface area contributed by atoms with Gasteiger partial charge in [0.05, 0.1) is 16.6 Å². The second kappa shape index (κ2) is 7.20. The molecule has 3 rings (SSSR count). The Labute approximate surface area is 166 Å². The second-order valence-electron chi connectivity index (χ2n) is 6.14. The SMILES string of the molecule is CCC(C)n1c(=S)[nH]c(=O)c2c(C(F)(F)F)cc(-c3ccc(Br)cc3)nc21. The van der Waals surface area contributed by atoms with Crippen LogP contribution in [0.3, 0.4) is 0 Å². The van der Waals surface area contributed by atoms with Gasteiger partial charge < -0.3 is 0 Å². The highest BCUT2D eigenvalue weighted by molar-refractivity contribution is 9.10. The van der Waals surface area contributed by atoms with Crippen LogP contribution in [-0.4, -0.2) is 14.5 Å². The molecule has 0 bridgehead atoms. The highest BCUT2D eigenvalue weighted by Gasteiger charge is 2.35. The highest BCUT2D eigenvalue weighted by Crippen LogP contribution is 2.36. The third-order valence-electron chi connectivity index (χ3n) is 4.37. The normalized spacial score (nSPS) is 13.1. The molecule has 9 heteroatoms. The molecule has 2 aromatic heterocycles. The van der Waals surface area contributed by atoms with Crippen molar-refractivity contribution >= 4 is 39.2 Å². The first-order valence-electron chi connectivity index (χ1n) is 8.16. The van der Waals surface area contributed by atoms with Crippen LogP contribution >= 0.6 is 28.1 Å². The molecule has 0 spiro atoms. The molecule has 2 heterocycles. The molecule has 142 valence electrons. The molecule has 0 amide bonds. The first kappa shape index (κ1) is 19.8. The fourth-order valence-corrected chi connectivity index (χ4v) is 3.45. The van der Waals surface area contributed by atoms with E-state index in [1.54, 1.807) is 24.3 Å². The minimum atomic E-state index is -4.71. The van der Waals surface area contributed by atoms with Gasteiger partial charge in [0.1, 0.15) is 5.65 Å². The highest BCUT2D eigenvalue weighted by atomic mass is 79.9. The molecule has 3 aromatic rings. The summed E-state index contributed by atoms with van der Waals surface area (Å²) in [5.74, 6) is 0. The van der Waals surface area contributed by atoms with Crippen LogP contribution in [0, 0.1) is 4.77 Å². The number of hydrogen-bond donors (Lipinski definition) is 1. The number of pyridine rings is 1. The summed E-state index contributed by atoms with van der Waals surface area (Å²) in [6, 6.07) is 7.43. The van der Waals surface area contributed by atoms with E-state index >= 15 is 0 Å². The van der Waals surface area contributed by atoms with Crippen molar-refractivity contribution in [3.05, 3.63) is 55.5 Å². The Kier molecular flexibility index (Phi) is 5.27. The smallest absolute Gasteiger partial charge is 0.300 e. The summed E-state index contributed by atoms with van der Waals surface area (Å²) < 4.78 is 43.6. The fraction of sp³-hybridized carbons (Fsp3) is 0.278. The van der Waals surface area contributed by atoms with Gasteiger partial charge in [0.15, 0.2) is 4.77 Å². The molecule has 0 aliphatic carbocycles. The Morgan fingerprint density at radius 3 is 2.48 bits per heavy atom. The molecule has 27 heavy (non-hydrogen) atoms. The van der Waals surface area contributed by atoms with Gasteiger partial charge in [0.25, 0.3) is 5.56 Å². The van der Waals surface area contributed by atoms with E-state index in [2.05, 4.69) is 25.9 Å². The maximum absolute atomic E-state index is 13.7. The summed E-state index contributed by atoms with van der Waals surface area (Å²) in [6.07, 6.45) is -4.10. The molecular weight excluding hydrogens is 443 g/mol. The van der Waals surface area contributed by atoms with Gasteiger partial charge in [-0.25, -0.2) is 4.98 Å². The Bertz CT molecular complexity index is 1120. The number of nitrogens with zero attached hydrogens (tertiary/aromatic N) is 2. The average molecular weight is 458 g/mol. The van der Waals surface area contributed by atoms with Gasteiger partial charge >= 0.3 is 6.18 Å². The van der Waals surface area contributed by atoms with Crippen LogP contribution in [0.5, 0.6) is 0 Å². The van der Waals surface area contributed by atoms with Crippen molar-refractivity contribution in [3.8, 4) is 11.3 Å². The van der Waals surface area contributed by atoms with Gasteiger partial charge in [-0.05, 0) is 43.8 Å². The number of alkyl halides is 3. The predicted molar refractivity (Wildman–Crippen MR) is 104 cm³/mol. The lowest BCUT2D eigenvalue weighted by atomic mass is 10.1. The van der Waals surface area contributed by atoms with E-state index < -0.39 is 22.7 Å². The molecule has 0 radical (unpaired) electrons. The Morgan fingerprint density at radius 1 is 1.30 bits per heavy atom. The van der Waals surface area contributed by atoms with E-state index in [4.69, 9.17) is 12.2 Å². The molecule has 0 fully saturated rings. The van der Waals surface area contributed by atoms with Crippen LogP contribution in [0.1, 0.15) is 31.9 Å². The molecule has 4 nitrogen and oxygen atoms in total. The molecule has 0 saturated heterocycles. The van der Waals surface area contributed by atoms with Gasteiger partial charge in [-0.1, -0.05) is 35.0 Å². The average Bonchev–Trinajstić information content (AvgIpc) is 2.60. The van der Waals surface area contributed by atoms with Crippen molar-refractivity contribution < 1.29 is 13.2 Å². The number of rotatable bonds is 3. The van der Waals surface area contributed by atoms with Gasteiger partial charge in [0, 0.05) is 16.1 Å². The lowest BCUT2D eigenvalue weighted by molar-refractivity contribution is -0.136. The Balaban J connectivity index is 2.49. The quantitative estimate of drug-likeness (QED) is 0.500. The van der Waals surface area contributed by atoms with Gasteiger partial charge in [0.2, 0.25) is 0 Å². The number of hydrogen-bond acceptors (Lipinski definition) is 3. The third kappa shape index (κ3) is 3.70. The molecule has 1 aromatic carbocycles. The monoisotopic (exact) mass is 457 g/mol. The van der Waals surface area contributed by atoms with Crippen LogP contribution in [0.4, 0.5) is 13.2 Å². The van der Waals surface area contributed by atoms with E-state index in [0.29, 0.717) is 12.0 Å². The molecular formula is C18H15BrF3N3OS. The first-order chi connectivity index (χ1) is 12.6. The van der Waals surface area contributed by atoms with Crippen LogP contribution in [0.25, 0.3) is 22.3 Å².